The summed E-state index contributed by atoms with van der Waals surface area (Å²) < 4.78 is 0. The van der Waals surface area contributed by atoms with Crippen LogP contribution in [0.5, 0.6) is 0 Å². The van der Waals surface area contributed by atoms with Gasteiger partial charge in [-0.05, 0) is 32.0 Å². The molecule has 0 saturated carbocycles. The highest BCUT2D eigenvalue weighted by molar-refractivity contribution is 5.91. The summed E-state index contributed by atoms with van der Waals surface area (Å²) in [7, 11) is 0. The van der Waals surface area contributed by atoms with Crippen LogP contribution in [-0.4, -0.2) is 22.5 Å². The third kappa shape index (κ3) is 4.60. The number of amides is 2. The lowest BCUT2D eigenvalue weighted by Crippen LogP contribution is -2.34. The lowest BCUT2D eigenvalue weighted by Gasteiger charge is -2.38. The Morgan fingerprint density at radius 1 is 1.21 bits per heavy atom. The van der Waals surface area contributed by atoms with Crippen molar-refractivity contribution in [2.24, 2.45) is 0 Å². The number of nitrogens with one attached hydrogen (secondary N) is 2. The van der Waals surface area contributed by atoms with Gasteiger partial charge < -0.3 is 26.3 Å². The zero-order valence-electron chi connectivity index (χ0n) is 10.3. The van der Waals surface area contributed by atoms with Gasteiger partial charge in [-0.3, -0.25) is 10.4 Å². The zero-order valence-corrected chi connectivity index (χ0v) is 10.3. The highest BCUT2D eigenvalue weighted by Crippen LogP contribution is 2.26. The molecule has 1 aromatic carbocycles. The van der Waals surface area contributed by atoms with E-state index in [4.69, 9.17) is 10.4 Å². The summed E-state index contributed by atoms with van der Waals surface area (Å²) >= 11 is 0. The van der Waals surface area contributed by atoms with Gasteiger partial charge in [-0.1, -0.05) is 0 Å². The molecule has 4 N–H and O–H groups in total. The van der Waals surface area contributed by atoms with Gasteiger partial charge in [0, 0.05) is 17.4 Å². The molecule has 0 unspecified atom stereocenters. The second kappa shape index (κ2) is 6.20. The molecule has 19 heavy (non-hydrogen) atoms. The number of nitrogens with zero attached hydrogens (tertiary/aromatic N) is 2. The van der Waals surface area contributed by atoms with E-state index < -0.39 is 11.3 Å². The summed E-state index contributed by atoms with van der Waals surface area (Å²) in [5.41, 5.74) is -0.560. The van der Waals surface area contributed by atoms with Crippen LogP contribution in [0.2, 0.25) is 0 Å². The van der Waals surface area contributed by atoms with Crippen LogP contribution in [0.4, 0.5) is 21.9 Å². The fraction of sp³-hybridized carbons (Fsp3) is 0.300. The molecule has 1 aromatic rings. The van der Waals surface area contributed by atoms with Gasteiger partial charge in [-0.25, -0.2) is 4.79 Å². The minimum Gasteiger partial charge on any atom is -0.769 e. The molecule has 0 aliphatic carbocycles. The van der Waals surface area contributed by atoms with Crippen LogP contribution in [0.3, 0.4) is 0 Å². The molecule has 0 aliphatic heterocycles. The topological polar surface area (TPSA) is 134 Å². The van der Waals surface area contributed by atoms with Crippen molar-refractivity contribution in [3.8, 4) is 0 Å². The van der Waals surface area contributed by atoms with Gasteiger partial charge in [-0.15, -0.1) is 5.23 Å². The van der Waals surface area contributed by atoms with Gasteiger partial charge in [0.05, 0.1) is 5.69 Å². The van der Waals surface area contributed by atoms with E-state index in [1.54, 1.807) is 13.8 Å². The van der Waals surface area contributed by atoms with E-state index in [1.165, 1.54) is 6.07 Å². The Balaban J connectivity index is 2.96. The molecule has 0 aliphatic rings. The summed E-state index contributed by atoms with van der Waals surface area (Å²) in [6.45, 7) is 3.50. The van der Waals surface area contributed by atoms with E-state index >= 15 is 0 Å². The predicted octanol–water partition coefficient (Wildman–Crippen LogP) is 1.60. The van der Waals surface area contributed by atoms with Crippen molar-refractivity contribution in [3.63, 3.8) is 0 Å². The normalized spacial score (nSPS) is 10.3. The Hall–Kier alpha value is -2.07. The van der Waals surface area contributed by atoms with Crippen LogP contribution in [0.1, 0.15) is 13.8 Å². The van der Waals surface area contributed by atoms with Crippen LogP contribution < -0.4 is 21.1 Å². The Kier molecular flexibility index (Phi) is 4.89. The molecular formula is C10H14N4O5-2. The van der Waals surface area contributed by atoms with Crippen LogP contribution in [0.25, 0.3) is 0 Å². The highest BCUT2D eigenvalue weighted by Gasteiger charge is 2.08. The standard InChI is InChI=1S/C10H14N4O5/c1-6(2)11-10(15)12-7-3-8(13(16)17)5-9(4-7)14(18)19/h3-6,16-17H,1-2H3,(H2,11,12,15)/q-2. The first-order valence-electron chi connectivity index (χ1n) is 5.34. The minimum absolute atomic E-state index is 0.0652. The molecule has 2 amide bonds. The quantitative estimate of drug-likeness (QED) is 0.610. The summed E-state index contributed by atoms with van der Waals surface area (Å²) in [6.07, 6.45) is 0. The summed E-state index contributed by atoms with van der Waals surface area (Å²) in [5, 5.41) is 43.0. The SMILES string of the molecule is CC(C)NC(=O)Nc1cc(N([O-])[O-])cc(N(O)O)c1. The van der Waals surface area contributed by atoms with Crippen molar-refractivity contribution in [2.75, 3.05) is 15.8 Å². The Labute approximate surface area is 109 Å². The molecule has 9 nitrogen and oxygen atoms in total. The van der Waals surface area contributed by atoms with E-state index in [0.29, 0.717) is 0 Å². The maximum atomic E-state index is 11.5. The van der Waals surface area contributed by atoms with E-state index in [2.05, 4.69) is 10.6 Å². The number of hydrogen-bond acceptors (Lipinski definition) is 7. The molecular weight excluding hydrogens is 256 g/mol. The monoisotopic (exact) mass is 270 g/mol. The minimum atomic E-state index is -0.710. The maximum absolute atomic E-state index is 11.5. The van der Waals surface area contributed by atoms with Gasteiger partial charge >= 0.3 is 6.03 Å². The van der Waals surface area contributed by atoms with E-state index in [9.17, 15) is 15.2 Å². The number of carbonyl (C=O) groups excluding carboxylic acids is 1. The van der Waals surface area contributed by atoms with Crippen LogP contribution in [0.15, 0.2) is 18.2 Å². The number of rotatable bonds is 4. The fourth-order valence-electron chi connectivity index (χ4n) is 1.32. The molecule has 1 rings (SSSR count). The molecule has 0 saturated heterocycles. The first-order chi connectivity index (χ1) is 8.79. The third-order valence-electron chi connectivity index (χ3n) is 2.02. The summed E-state index contributed by atoms with van der Waals surface area (Å²) in [5.74, 6) is 0. The average molecular weight is 270 g/mol. The van der Waals surface area contributed by atoms with Gasteiger partial charge in [0.15, 0.2) is 0 Å². The Morgan fingerprint density at radius 2 is 1.79 bits per heavy atom. The average Bonchev–Trinajstić information content (AvgIpc) is 2.26. The Morgan fingerprint density at radius 3 is 2.26 bits per heavy atom. The summed E-state index contributed by atoms with van der Waals surface area (Å²) in [6, 6.07) is 2.57. The second-order valence-corrected chi connectivity index (χ2v) is 4.04. The molecule has 0 radical (unpaired) electrons. The lowest BCUT2D eigenvalue weighted by molar-refractivity contribution is 0.0292. The number of carbonyl (C=O) groups is 1. The molecule has 0 aromatic heterocycles. The maximum Gasteiger partial charge on any atom is 0.319 e. The van der Waals surface area contributed by atoms with Crippen molar-refractivity contribution < 1.29 is 15.2 Å². The van der Waals surface area contributed by atoms with Crippen LogP contribution >= 0.6 is 0 Å². The van der Waals surface area contributed by atoms with Crippen molar-refractivity contribution >= 4 is 23.1 Å². The number of urea groups is 1. The second-order valence-electron chi connectivity index (χ2n) is 4.04. The molecule has 0 fully saturated rings. The van der Waals surface area contributed by atoms with Crippen molar-refractivity contribution in [2.45, 2.75) is 19.9 Å². The molecule has 0 bridgehead atoms. The first-order valence-corrected chi connectivity index (χ1v) is 5.34. The van der Waals surface area contributed by atoms with Crippen molar-refractivity contribution in [3.05, 3.63) is 28.6 Å². The number of anilines is 3. The largest absolute Gasteiger partial charge is 0.769 e. The molecule has 9 heteroatoms. The summed E-state index contributed by atoms with van der Waals surface area (Å²) in [4.78, 5) is 11.5. The van der Waals surface area contributed by atoms with Gasteiger partial charge in [-0.2, -0.15) is 0 Å². The van der Waals surface area contributed by atoms with Crippen molar-refractivity contribution in [1.82, 2.24) is 5.32 Å². The van der Waals surface area contributed by atoms with Crippen LogP contribution in [0, 0.1) is 10.4 Å². The zero-order chi connectivity index (χ0) is 14.6. The third-order valence-corrected chi connectivity index (χ3v) is 2.02. The van der Waals surface area contributed by atoms with E-state index in [0.717, 1.165) is 12.1 Å². The smallest absolute Gasteiger partial charge is 0.319 e. The Bertz CT molecular complexity index is 423. The van der Waals surface area contributed by atoms with E-state index in [1.807, 2.05) is 0 Å². The molecule has 0 atom stereocenters. The lowest BCUT2D eigenvalue weighted by atomic mass is 10.2. The fourth-order valence-corrected chi connectivity index (χ4v) is 1.32. The molecule has 106 valence electrons. The number of hydrogen-bond donors (Lipinski definition) is 4. The van der Waals surface area contributed by atoms with E-state index in [-0.39, 0.29) is 28.3 Å². The first kappa shape index (κ1) is 15.0. The number of benzene rings is 1. The van der Waals surface area contributed by atoms with Crippen LogP contribution in [-0.2, 0) is 0 Å². The van der Waals surface area contributed by atoms with Gasteiger partial charge in [0.2, 0.25) is 0 Å². The molecule has 0 spiro atoms. The van der Waals surface area contributed by atoms with Crippen molar-refractivity contribution in [1.29, 1.82) is 0 Å². The van der Waals surface area contributed by atoms with Gasteiger partial charge in [0.25, 0.3) is 0 Å². The molecule has 0 heterocycles. The highest BCUT2D eigenvalue weighted by atomic mass is 16.8. The predicted molar refractivity (Wildman–Crippen MR) is 69.0 cm³/mol. The van der Waals surface area contributed by atoms with Gasteiger partial charge in [0.1, 0.15) is 0 Å².